The van der Waals surface area contributed by atoms with Crippen molar-refractivity contribution in [3.63, 3.8) is 0 Å². The van der Waals surface area contributed by atoms with Gasteiger partial charge in [-0.05, 0) is 13.3 Å². The minimum absolute atomic E-state index is 0.0201. The van der Waals surface area contributed by atoms with Crippen LogP contribution in [0.15, 0.2) is 0 Å². The van der Waals surface area contributed by atoms with E-state index in [1.54, 1.807) is 0 Å². The van der Waals surface area contributed by atoms with Crippen LogP contribution in [-0.4, -0.2) is 33.9 Å². The van der Waals surface area contributed by atoms with Crippen LogP contribution >= 0.6 is 11.6 Å². The van der Waals surface area contributed by atoms with Crippen molar-refractivity contribution >= 4 is 23.4 Å². The van der Waals surface area contributed by atoms with E-state index in [4.69, 9.17) is 26.6 Å². The normalized spacial score (nSPS) is 11.0. The van der Waals surface area contributed by atoms with E-state index < -0.39 is 11.3 Å². The molecule has 0 saturated carbocycles. The molecule has 0 fully saturated rings. The minimum atomic E-state index is -0.833. The van der Waals surface area contributed by atoms with Gasteiger partial charge in [-0.15, -0.1) is 11.6 Å². The summed E-state index contributed by atoms with van der Waals surface area (Å²) in [4.78, 5) is 19.3. The molecule has 0 heterocycles. The number of carboxylic acids is 1. The average Bonchev–Trinajstić information content (AvgIpc) is 1.86. The molecule has 1 unspecified atom stereocenters. The first-order chi connectivity index (χ1) is 5.41. The third-order valence-electron chi connectivity index (χ3n) is 0.824. The van der Waals surface area contributed by atoms with Gasteiger partial charge in [0.05, 0.1) is 5.38 Å². The number of hydrogen-bond acceptors (Lipinski definition) is 3. The lowest BCUT2D eigenvalue weighted by Crippen LogP contribution is -2.11. The first kappa shape index (κ1) is 13.9. The van der Waals surface area contributed by atoms with E-state index in [0.717, 1.165) is 6.92 Å². The van der Waals surface area contributed by atoms with Crippen LogP contribution in [0.1, 0.15) is 20.3 Å². The van der Waals surface area contributed by atoms with E-state index in [-0.39, 0.29) is 12.4 Å². The summed E-state index contributed by atoms with van der Waals surface area (Å²) in [5.74, 6) is -0.916. The van der Waals surface area contributed by atoms with Gasteiger partial charge in [0.2, 0.25) is 0 Å². The lowest BCUT2D eigenvalue weighted by Gasteiger charge is -1.98. The number of Topliss-reactive ketones (excluding diaryl/α,β-unsaturated/α-hetero) is 1. The van der Waals surface area contributed by atoms with E-state index >= 15 is 0 Å². The third-order valence-corrected chi connectivity index (χ3v) is 1.35. The molecule has 12 heavy (non-hydrogen) atoms. The number of rotatable bonds is 3. The molecule has 0 aromatic rings. The lowest BCUT2D eigenvalue weighted by molar-refractivity contribution is -0.134. The summed E-state index contributed by atoms with van der Waals surface area (Å²) in [5.41, 5.74) is 0. The highest BCUT2D eigenvalue weighted by Crippen LogP contribution is 2.00. The van der Waals surface area contributed by atoms with Gasteiger partial charge >= 0.3 is 0 Å². The smallest absolute Gasteiger partial charge is 0.300 e. The van der Waals surface area contributed by atoms with Gasteiger partial charge in [0.1, 0.15) is 5.78 Å². The number of aliphatic hydroxyl groups excluding tert-OH is 1. The maximum Gasteiger partial charge on any atom is 0.300 e. The first-order valence-electron chi connectivity index (χ1n) is 3.36. The third kappa shape index (κ3) is 16.2. The number of aliphatic carboxylic acids is 1. The molecule has 1 atom stereocenters. The fourth-order valence-corrected chi connectivity index (χ4v) is 0.414. The zero-order valence-corrected chi connectivity index (χ0v) is 7.84. The second kappa shape index (κ2) is 8.49. The van der Waals surface area contributed by atoms with Crippen LogP contribution in [0.4, 0.5) is 0 Å². The Morgan fingerprint density at radius 2 is 1.75 bits per heavy atom. The number of carboxylic acid groups (broad SMARTS) is 1. The molecular weight excluding hydrogens is 184 g/mol. The highest BCUT2D eigenvalue weighted by Gasteiger charge is 2.07. The van der Waals surface area contributed by atoms with Gasteiger partial charge in [-0.25, -0.2) is 0 Å². The molecule has 0 aliphatic rings. The van der Waals surface area contributed by atoms with Crippen LogP contribution < -0.4 is 0 Å². The molecule has 0 aliphatic carbocycles. The number of alkyl halides is 1. The number of halogens is 1. The summed E-state index contributed by atoms with van der Waals surface area (Å²) < 4.78 is 0. The van der Waals surface area contributed by atoms with Gasteiger partial charge in [0.15, 0.2) is 0 Å². The topological polar surface area (TPSA) is 74.6 Å². The Kier molecular flexibility index (Phi) is 9.86. The van der Waals surface area contributed by atoms with E-state index in [2.05, 4.69) is 0 Å². The highest BCUT2D eigenvalue weighted by molar-refractivity contribution is 6.30. The van der Waals surface area contributed by atoms with Crippen LogP contribution in [0.25, 0.3) is 0 Å². The molecule has 0 radical (unpaired) electrons. The van der Waals surface area contributed by atoms with E-state index in [0.29, 0.717) is 6.42 Å². The summed E-state index contributed by atoms with van der Waals surface area (Å²) in [6.45, 7) is 2.47. The minimum Gasteiger partial charge on any atom is -0.481 e. The van der Waals surface area contributed by atoms with Crippen molar-refractivity contribution in [3.05, 3.63) is 0 Å². The molecule has 0 bridgehead atoms. The van der Waals surface area contributed by atoms with E-state index in [1.165, 1.54) is 6.92 Å². The first-order valence-corrected chi connectivity index (χ1v) is 3.80. The van der Waals surface area contributed by atoms with Gasteiger partial charge in [0, 0.05) is 13.5 Å². The van der Waals surface area contributed by atoms with Gasteiger partial charge in [0.25, 0.3) is 5.97 Å². The van der Waals surface area contributed by atoms with Gasteiger partial charge < -0.3 is 10.2 Å². The van der Waals surface area contributed by atoms with Crippen LogP contribution in [0, 0.1) is 0 Å². The van der Waals surface area contributed by atoms with Gasteiger partial charge in [-0.1, -0.05) is 0 Å². The average molecular weight is 197 g/mol. The van der Waals surface area contributed by atoms with Crippen molar-refractivity contribution in [2.45, 2.75) is 25.6 Å². The Balaban J connectivity index is 0. The molecule has 0 spiro atoms. The molecule has 0 aromatic carbocycles. The van der Waals surface area contributed by atoms with Crippen LogP contribution in [0.3, 0.4) is 0 Å². The van der Waals surface area contributed by atoms with Crippen molar-refractivity contribution in [2.75, 3.05) is 6.61 Å². The van der Waals surface area contributed by atoms with Crippen molar-refractivity contribution in [2.24, 2.45) is 0 Å². The molecule has 2 N–H and O–H groups in total. The summed E-state index contributed by atoms with van der Waals surface area (Å²) in [7, 11) is 0. The Morgan fingerprint density at radius 3 is 1.83 bits per heavy atom. The second-order valence-electron chi connectivity index (χ2n) is 2.11. The van der Waals surface area contributed by atoms with E-state index in [1.807, 2.05) is 0 Å². The Morgan fingerprint density at radius 1 is 1.42 bits per heavy atom. The van der Waals surface area contributed by atoms with Crippen molar-refractivity contribution in [1.82, 2.24) is 0 Å². The zero-order valence-electron chi connectivity index (χ0n) is 7.08. The van der Waals surface area contributed by atoms with Gasteiger partial charge in [-0.2, -0.15) is 0 Å². The van der Waals surface area contributed by atoms with Gasteiger partial charge in [-0.3, -0.25) is 9.59 Å². The van der Waals surface area contributed by atoms with Crippen LogP contribution in [0.2, 0.25) is 0 Å². The summed E-state index contributed by atoms with van der Waals surface area (Å²) in [6, 6.07) is 0. The Labute approximate surface area is 76.1 Å². The predicted molar refractivity (Wildman–Crippen MR) is 45.3 cm³/mol. The standard InChI is InChI=1S/C5H9ClO2.C2H4O2/c1-4(8)5(6)2-3-7;1-2(3)4/h5,7H,2-3H2,1H3;1H3,(H,3,4). The fourth-order valence-electron chi connectivity index (χ4n) is 0.317. The number of carbonyl (C=O) groups is 2. The molecular formula is C7H13ClO4. The molecule has 0 aromatic heterocycles. The maximum absolute atomic E-state index is 10.3. The Bertz CT molecular complexity index is 142. The predicted octanol–water partition coefficient (Wildman–Crippen LogP) is 0.656. The number of carbonyl (C=O) groups excluding carboxylic acids is 1. The molecule has 0 rings (SSSR count). The number of aliphatic hydroxyl groups is 1. The van der Waals surface area contributed by atoms with Crippen molar-refractivity contribution < 1.29 is 19.8 Å². The fraction of sp³-hybridized carbons (Fsp3) is 0.714. The molecule has 72 valence electrons. The van der Waals surface area contributed by atoms with Crippen molar-refractivity contribution in [3.8, 4) is 0 Å². The molecule has 0 saturated heterocycles. The SMILES string of the molecule is CC(=O)C(Cl)CCO.CC(=O)O. The molecule has 5 heteroatoms. The Hall–Kier alpha value is -0.610. The van der Waals surface area contributed by atoms with Crippen molar-refractivity contribution in [1.29, 1.82) is 0 Å². The highest BCUT2D eigenvalue weighted by atomic mass is 35.5. The molecule has 0 amide bonds. The largest absolute Gasteiger partial charge is 0.481 e. The lowest BCUT2D eigenvalue weighted by atomic mass is 10.2. The summed E-state index contributed by atoms with van der Waals surface area (Å²) in [5, 5.41) is 15.2. The second-order valence-corrected chi connectivity index (χ2v) is 2.64. The monoisotopic (exact) mass is 196 g/mol. The number of hydrogen-bond donors (Lipinski definition) is 2. The van der Waals surface area contributed by atoms with Crippen LogP contribution in [0.5, 0.6) is 0 Å². The zero-order chi connectivity index (χ0) is 10.1. The molecule has 0 aliphatic heterocycles. The molecule has 4 nitrogen and oxygen atoms in total. The summed E-state index contributed by atoms with van der Waals surface area (Å²) in [6.07, 6.45) is 0.358. The summed E-state index contributed by atoms with van der Waals surface area (Å²) >= 11 is 5.41. The number of ketones is 1. The quantitative estimate of drug-likeness (QED) is 0.651. The maximum atomic E-state index is 10.3. The van der Waals surface area contributed by atoms with E-state index in [9.17, 15) is 4.79 Å². The van der Waals surface area contributed by atoms with Crippen LogP contribution in [-0.2, 0) is 9.59 Å².